The van der Waals surface area contributed by atoms with Crippen LogP contribution in [0.5, 0.6) is 5.75 Å². The van der Waals surface area contributed by atoms with Crippen LogP contribution in [-0.2, 0) is 9.13 Å². The predicted molar refractivity (Wildman–Crippen MR) is 103 cm³/mol. The van der Waals surface area contributed by atoms with Crippen LogP contribution in [0.25, 0.3) is 0 Å². The standard InChI is InChI=1S/C15H24N2O9P2/c1-16(8-6-15(19,27(22)23)28(2,24)25)7-3-9-26-14-10-12(11-18)4-5-13(14)17(20)21/h4-5,10-11,19,27H,3,6-9H2,1-2H3,(H,22,23)(H,24,25). The number of nitro groups is 1. The first kappa shape index (κ1) is 24.4. The van der Waals surface area contributed by atoms with Crippen molar-refractivity contribution in [2.45, 2.75) is 17.9 Å². The van der Waals surface area contributed by atoms with E-state index in [1.165, 1.54) is 18.2 Å². The molecule has 0 fully saturated rings. The van der Waals surface area contributed by atoms with E-state index in [1.54, 1.807) is 11.9 Å². The van der Waals surface area contributed by atoms with Crippen LogP contribution in [0, 0.1) is 10.1 Å². The SMILES string of the molecule is CN(CCCOc1cc(C=O)ccc1[N+](=O)[O-])CCC(O)([PH](=O)O)P(C)(=O)O. The topological polar surface area (TPSA) is 168 Å². The smallest absolute Gasteiger partial charge is 0.310 e. The van der Waals surface area contributed by atoms with Gasteiger partial charge in [-0.15, -0.1) is 0 Å². The van der Waals surface area contributed by atoms with Crippen molar-refractivity contribution in [1.29, 1.82) is 0 Å². The molecule has 0 spiro atoms. The first-order valence-electron chi connectivity index (χ1n) is 8.23. The number of nitro benzene ring substituents is 1. The summed E-state index contributed by atoms with van der Waals surface area (Å²) in [5.41, 5.74) is -0.0250. The number of aliphatic hydroxyl groups is 1. The van der Waals surface area contributed by atoms with Gasteiger partial charge in [-0.3, -0.25) is 24.0 Å². The van der Waals surface area contributed by atoms with E-state index >= 15 is 0 Å². The minimum atomic E-state index is -4.20. The molecule has 3 unspecified atom stereocenters. The van der Waals surface area contributed by atoms with Crippen LogP contribution < -0.4 is 4.74 Å². The average molecular weight is 438 g/mol. The molecule has 11 nitrogen and oxygen atoms in total. The Bertz CT molecular complexity index is 783. The van der Waals surface area contributed by atoms with E-state index in [0.29, 0.717) is 19.3 Å². The Kier molecular flexibility index (Phi) is 8.94. The summed E-state index contributed by atoms with van der Waals surface area (Å²) in [6.45, 7) is 1.40. The fourth-order valence-corrected chi connectivity index (χ4v) is 4.60. The van der Waals surface area contributed by atoms with Crippen molar-refractivity contribution < 1.29 is 38.5 Å². The molecule has 0 heterocycles. The number of carbonyl (C=O) groups is 1. The van der Waals surface area contributed by atoms with Crippen LogP contribution in [0.15, 0.2) is 18.2 Å². The molecule has 0 radical (unpaired) electrons. The summed E-state index contributed by atoms with van der Waals surface area (Å²) < 4.78 is 28.4. The van der Waals surface area contributed by atoms with Crippen molar-refractivity contribution in [1.82, 2.24) is 4.90 Å². The normalized spacial score (nSPS) is 16.8. The molecule has 3 atom stereocenters. The molecule has 0 aliphatic carbocycles. The van der Waals surface area contributed by atoms with E-state index in [9.17, 15) is 38.9 Å². The lowest BCUT2D eigenvalue weighted by Crippen LogP contribution is -2.31. The minimum absolute atomic E-state index is 0.0299. The predicted octanol–water partition coefficient (Wildman–Crippen LogP) is 1.51. The van der Waals surface area contributed by atoms with Gasteiger partial charge < -0.3 is 24.5 Å². The quantitative estimate of drug-likeness (QED) is 0.143. The monoisotopic (exact) mass is 438 g/mol. The average Bonchev–Trinajstić information content (AvgIpc) is 2.61. The molecule has 0 aliphatic heterocycles. The second-order valence-electron chi connectivity index (χ2n) is 6.36. The summed E-state index contributed by atoms with van der Waals surface area (Å²) in [5.74, 6) is -0.0299. The highest BCUT2D eigenvalue weighted by Crippen LogP contribution is 2.61. The van der Waals surface area contributed by atoms with E-state index in [2.05, 4.69) is 0 Å². The number of rotatable bonds is 12. The Morgan fingerprint density at radius 3 is 2.57 bits per heavy atom. The third kappa shape index (κ3) is 6.48. The molecule has 0 aromatic heterocycles. The largest absolute Gasteiger partial charge is 0.487 e. The molecule has 13 heteroatoms. The molecule has 0 bridgehead atoms. The van der Waals surface area contributed by atoms with Crippen LogP contribution >= 0.6 is 15.4 Å². The van der Waals surface area contributed by atoms with Crippen molar-refractivity contribution in [3.05, 3.63) is 33.9 Å². The number of aldehydes is 1. The van der Waals surface area contributed by atoms with E-state index < -0.39 is 25.4 Å². The highest BCUT2D eigenvalue weighted by atomic mass is 31.2. The van der Waals surface area contributed by atoms with E-state index in [1.807, 2.05) is 0 Å². The summed E-state index contributed by atoms with van der Waals surface area (Å²) in [5, 5.41) is 18.5. The summed E-state index contributed by atoms with van der Waals surface area (Å²) >= 11 is 0. The van der Waals surface area contributed by atoms with E-state index in [4.69, 9.17) is 4.74 Å². The second-order valence-corrected chi connectivity index (χ2v) is 10.7. The maximum absolute atomic E-state index is 11.7. The van der Waals surface area contributed by atoms with Gasteiger partial charge in [-0.25, -0.2) is 0 Å². The molecule has 1 aromatic rings. The third-order valence-corrected chi connectivity index (χ3v) is 8.48. The Hall–Kier alpha value is -1.61. The number of benzene rings is 1. The van der Waals surface area contributed by atoms with Crippen molar-refractivity contribution in [3.63, 3.8) is 0 Å². The van der Waals surface area contributed by atoms with Crippen molar-refractivity contribution >= 4 is 27.4 Å². The Labute approximate surface area is 162 Å². The van der Waals surface area contributed by atoms with Crippen LogP contribution in [0.2, 0.25) is 0 Å². The summed E-state index contributed by atoms with van der Waals surface area (Å²) in [6.07, 6.45) is 0.594. The van der Waals surface area contributed by atoms with Gasteiger partial charge in [0.05, 0.1) is 11.5 Å². The van der Waals surface area contributed by atoms with Gasteiger partial charge in [0.25, 0.3) is 0 Å². The third-order valence-electron chi connectivity index (χ3n) is 4.13. The molecule has 0 amide bonds. The zero-order valence-corrected chi connectivity index (χ0v) is 17.4. The van der Waals surface area contributed by atoms with E-state index in [0.717, 1.165) is 6.66 Å². The van der Waals surface area contributed by atoms with Gasteiger partial charge in [-0.2, -0.15) is 0 Å². The van der Waals surface area contributed by atoms with Crippen LogP contribution in [-0.4, -0.2) is 69.5 Å². The maximum Gasteiger partial charge on any atom is 0.310 e. The molecule has 1 aromatic carbocycles. The van der Waals surface area contributed by atoms with Crippen molar-refractivity contribution in [2.24, 2.45) is 0 Å². The molecular formula is C15H24N2O9P2. The van der Waals surface area contributed by atoms with Gasteiger partial charge in [0.2, 0.25) is 20.5 Å². The van der Waals surface area contributed by atoms with Crippen LogP contribution in [0.1, 0.15) is 23.2 Å². The maximum atomic E-state index is 11.7. The summed E-state index contributed by atoms with van der Waals surface area (Å²) in [4.78, 5) is 41.6. The Morgan fingerprint density at radius 1 is 1.43 bits per heavy atom. The molecule has 158 valence electrons. The lowest BCUT2D eigenvalue weighted by molar-refractivity contribution is -0.385. The van der Waals surface area contributed by atoms with Crippen LogP contribution in [0.4, 0.5) is 5.69 Å². The van der Waals surface area contributed by atoms with Crippen molar-refractivity contribution in [2.75, 3.05) is 33.4 Å². The minimum Gasteiger partial charge on any atom is -0.487 e. The van der Waals surface area contributed by atoms with Gasteiger partial charge in [-0.1, -0.05) is 0 Å². The van der Waals surface area contributed by atoms with Gasteiger partial charge in [0, 0.05) is 37.8 Å². The van der Waals surface area contributed by atoms with Gasteiger partial charge in [0.15, 0.2) is 5.75 Å². The van der Waals surface area contributed by atoms with Gasteiger partial charge >= 0.3 is 5.69 Å². The fraction of sp³-hybridized carbons (Fsp3) is 0.533. The molecule has 1 rings (SSSR count). The lowest BCUT2D eigenvalue weighted by Gasteiger charge is -2.29. The van der Waals surface area contributed by atoms with E-state index in [-0.39, 0.29) is 36.6 Å². The zero-order valence-electron chi connectivity index (χ0n) is 15.5. The van der Waals surface area contributed by atoms with Gasteiger partial charge in [-0.05, 0) is 25.6 Å². The fourth-order valence-electron chi connectivity index (χ4n) is 2.34. The molecule has 0 aliphatic rings. The highest BCUT2D eigenvalue weighted by Gasteiger charge is 2.47. The zero-order chi connectivity index (χ0) is 21.5. The number of ether oxygens (including phenoxy) is 1. The Morgan fingerprint density at radius 2 is 2.07 bits per heavy atom. The second kappa shape index (κ2) is 10.2. The molecule has 28 heavy (non-hydrogen) atoms. The van der Waals surface area contributed by atoms with Crippen molar-refractivity contribution in [3.8, 4) is 5.75 Å². The first-order valence-corrected chi connectivity index (χ1v) is 11.7. The first-order chi connectivity index (χ1) is 12.9. The number of nitrogens with zero attached hydrogens (tertiary/aromatic N) is 2. The summed E-state index contributed by atoms with van der Waals surface area (Å²) in [7, 11) is -6.21. The molecule has 3 N–H and O–H groups in total. The lowest BCUT2D eigenvalue weighted by atomic mass is 10.2. The van der Waals surface area contributed by atoms with Crippen LogP contribution in [0.3, 0.4) is 0 Å². The summed E-state index contributed by atoms with van der Waals surface area (Å²) in [6, 6.07) is 3.77. The van der Waals surface area contributed by atoms with Gasteiger partial charge in [0.1, 0.15) is 6.29 Å². The molecular weight excluding hydrogens is 414 g/mol. The molecule has 0 saturated heterocycles. The highest BCUT2D eigenvalue weighted by molar-refractivity contribution is 7.70. The number of hydrogen-bond acceptors (Lipinski definition) is 8. The Balaban J connectivity index is 2.57. The number of hydrogen-bond donors (Lipinski definition) is 3. The molecule has 0 saturated carbocycles. The number of carbonyl (C=O) groups excluding carboxylic acids is 1.